The van der Waals surface area contributed by atoms with E-state index in [1.54, 1.807) is 25.6 Å². The third-order valence-corrected chi connectivity index (χ3v) is 6.46. The number of carbonyl (C=O) groups excluding carboxylic acids is 1. The van der Waals surface area contributed by atoms with Gasteiger partial charge in [-0.1, -0.05) is 6.07 Å². The molecule has 0 saturated carbocycles. The molecule has 0 saturated heterocycles. The van der Waals surface area contributed by atoms with Gasteiger partial charge in [-0.05, 0) is 29.1 Å². The lowest BCUT2D eigenvalue weighted by Gasteiger charge is -2.26. The monoisotopic (exact) mass is 415 g/mol. The van der Waals surface area contributed by atoms with Crippen molar-refractivity contribution in [2.45, 2.75) is 19.5 Å². The van der Waals surface area contributed by atoms with E-state index in [-0.39, 0.29) is 5.91 Å². The topological polar surface area (TPSA) is 63.7 Å². The minimum Gasteiger partial charge on any atom is -0.497 e. The molecule has 0 fully saturated rings. The summed E-state index contributed by atoms with van der Waals surface area (Å²) in [6.07, 6.45) is 0.877. The first-order chi connectivity index (χ1) is 13.6. The van der Waals surface area contributed by atoms with Crippen LogP contribution in [0.25, 0.3) is 0 Å². The summed E-state index contributed by atoms with van der Waals surface area (Å²) in [4.78, 5) is 21.1. The van der Waals surface area contributed by atoms with Crippen LogP contribution in [-0.4, -0.2) is 36.6 Å². The van der Waals surface area contributed by atoms with Gasteiger partial charge in [0.25, 0.3) is 5.91 Å². The van der Waals surface area contributed by atoms with Crippen LogP contribution in [0.4, 0.5) is 5.13 Å². The molecule has 2 aromatic heterocycles. The molecule has 3 heterocycles. The van der Waals surface area contributed by atoms with Gasteiger partial charge in [-0.25, -0.2) is 4.98 Å². The molecule has 1 N–H and O–H groups in total. The highest BCUT2D eigenvalue weighted by atomic mass is 32.1. The van der Waals surface area contributed by atoms with Gasteiger partial charge in [0.05, 0.1) is 24.8 Å². The van der Waals surface area contributed by atoms with Crippen LogP contribution in [0.5, 0.6) is 11.5 Å². The van der Waals surface area contributed by atoms with Crippen LogP contribution in [0.3, 0.4) is 0 Å². The summed E-state index contributed by atoms with van der Waals surface area (Å²) in [6.45, 7) is 2.55. The number of methoxy groups -OCH3 is 2. The number of fused-ring (bicyclic) bond motifs is 1. The third kappa shape index (κ3) is 4.19. The quantitative estimate of drug-likeness (QED) is 0.658. The van der Waals surface area contributed by atoms with Gasteiger partial charge in [0, 0.05) is 37.0 Å². The maximum absolute atomic E-state index is 12.2. The minimum absolute atomic E-state index is 0.0959. The molecule has 1 aliphatic heterocycles. The van der Waals surface area contributed by atoms with Crippen molar-refractivity contribution in [3.05, 3.63) is 56.7 Å². The third-order valence-electron chi connectivity index (χ3n) is 4.59. The number of aromatic nitrogens is 1. The molecule has 0 atom stereocenters. The van der Waals surface area contributed by atoms with E-state index in [1.165, 1.54) is 16.2 Å². The molecule has 0 aliphatic carbocycles. The normalized spacial score (nSPS) is 13.8. The summed E-state index contributed by atoms with van der Waals surface area (Å²) in [5, 5.41) is 5.49. The van der Waals surface area contributed by atoms with Crippen LogP contribution in [0.2, 0.25) is 0 Å². The van der Waals surface area contributed by atoms with Gasteiger partial charge in [0.1, 0.15) is 11.5 Å². The molecule has 146 valence electrons. The van der Waals surface area contributed by atoms with Crippen LogP contribution >= 0.6 is 22.7 Å². The van der Waals surface area contributed by atoms with Crippen LogP contribution < -0.4 is 14.8 Å². The first kappa shape index (κ1) is 18.9. The number of carbonyl (C=O) groups is 1. The maximum atomic E-state index is 12.2. The molecule has 0 spiro atoms. The molecule has 1 amide bonds. The van der Waals surface area contributed by atoms with Crippen LogP contribution in [-0.2, 0) is 19.5 Å². The highest BCUT2D eigenvalue weighted by Gasteiger charge is 2.22. The maximum Gasteiger partial charge on any atom is 0.267 e. The van der Waals surface area contributed by atoms with Gasteiger partial charge in [-0.3, -0.25) is 15.0 Å². The van der Waals surface area contributed by atoms with Gasteiger partial charge in [0.2, 0.25) is 0 Å². The van der Waals surface area contributed by atoms with Crippen molar-refractivity contribution in [2.75, 3.05) is 26.1 Å². The Labute approximate surface area is 171 Å². The summed E-state index contributed by atoms with van der Waals surface area (Å²) < 4.78 is 10.7. The van der Waals surface area contributed by atoms with Crippen molar-refractivity contribution in [1.82, 2.24) is 9.88 Å². The highest BCUT2D eigenvalue weighted by Crippen LogP contribution is 2.30. The number of benzene rings is 1. The predicted molar refractivity (Wildman–Crippen MR) is 112 cm³/mol. The Kier molecular flexibility index (Phi) is 5.61. The highest BCUT2D eigenvalue weighted by molar-refractivity contribution is 7.16. The fourth-order valence-corrected chi connectivity index (χ4v) is 4.88. The van der Waals surface area contributed by atoms with Crippen LogP contribution in [0.15, 0.2) is 35.7 Å². The standard InChI is InChI=1S/C20H21N3O3S2/c1-25-14-8-13(9-15(10-14)26-2)11-23-6-5-16-18(12-23)28-20(21-16)22-19(24)17-4-3-7-27-17/h3-4,7-10H,5-6,11-12H2,1-2H3,(H,21,22,24). The molecule has 3 aromatic rings. The Bertz CT molecular complexity index is 947. The lowest BCUT2D eigenvalue weighted by molar-refractivity contribution is 0.103. The molecular formula is C20H21N3O3S2. The van der Waals surface area contributed by atoms with E-state index in [4.69, 9.17) is 9.47 Å². The molecule has 0 radical (unpaired) electrons. The zero-order chi connectivity index (χ0) is 19.5. The van der Waals surface area contributed by atoms with E-state index in [0.717, 1.165) is 48.8 Å². The number of thiazole rings is 1. The second kappa shape index (κ2) is 8.30. The van der Waals surface area contributed by atoms with Gasteiger partial charge in [-0.15, -0.1) is 22.7 Å². The van der Waals surface area contributed by atoms with E-state index in [9.17, 15) is 4.79 Å². The number of amides is 1. The zero-order valence-electron chi connectivity index (χ0n) is 15.7. The largest absolute Gasteiger partial charge is 0.497 e. The number of hydrogen-bond acceptors (Lipinski definition) is 7. The molecule has 4 rings (SSSR count). The van der Waals surface area contributed by atoms with E-state index in [1.807, 2.05) is 35.7 Å². The van der Waals surface area contributed by atoms with Crippen molar-refractivity contribution < 1.29 is 14.3 Å². The number of ether oxygens (including phenoxy) is 2. The predicted octanol–water partition coefficient (Wildman–Crippen LogP) is 4.03. The van der Waals surface area contributed by atoms with E-state index in [2.05, 4.69) is 15.2 Å². The molecular weight excluding hydrogens is 394 g/mol. The van der Waals surface area contributed by atoms with Gasteiger partial charge >= 0.3 is 0 Å². The number of hydrogen-bond donors (Lipinski definition) is 1. The summed E-state index contributed by atoms with van der Waals surface area (Å²) in [7, 11) is 3.32. The van der Waals surface area contributed by atoms with Crippen molar-refractivity contribution in [1.29, 1.82) is 0 Å². The van der Waals surface area contributed by atoms with E-state index >= 15 is 0 Å². The molecule has 0 bridgehead atoms. The Balaban J connectivity index is 1.44. The lowest BCUT2D eigenvalue weighted by Crippen LogP contribution is -2.29. The first-order valence-corrected chi connectivity index (χ1v) is 10.6. The van der Waals surface area contributed by atoms with Crippen LogP contribution in [0.1, 0.15) is 25.8 Å². The van der Waals surface area contributed by atoms with Crippen molar-refractivity contribution >= 4 is 33.7 Å². The van der Waals surface area contributed by atoms with E-state index in [0.29, 0.717) is 10.0 Å². The van der Waals surface area contributed by atoms with Crippen molar-refractivity contribution in [3.63, 3.8) is 0 Å². The van der Waals surface area contributed by atoms with Gasteiger partial charge in [0.15, 0.2) is 5.13 Å². The summed E-state index contributed by atoms with van der Waals surface area (Å²) in [5.41, 5.74) is 2.24. The number of nitrogens with one attached hydrogen (secondary N) is 1. The Morgan fingerprint density at radius 1 is 1.25 bits per heavy atom. The Hall–Kier alpha value is -2.42. The van der Waals surface area contributed by atoms with E-state index < -0.39 is 0 Å². The van der Waals surface area contributed by atoms with Crippen molar-refractivity contribution in [3.8, 4) is 11.5 Å². The molecule has 0 unspecified atom stereocenters. The summed E-state index contributed by atoms with van der Waals surface area (Å²) in [5.74, 6) is 1.49. The fourth-order valence-electron chi connectivity index (χ4n) is 3.22. The van der Waals surface area contributed by atoms with Crippen molar-refractivity contribution in [2.24, 2.45) is 0 Å². The zero-order valence-corrected chi connectivity index (χ0v) is 17.4. The molecule has 8 heteroatoms. The smallest absolute Gasteiger partial charge is 0.267 e. The number of nitrogens with zero attached hydrogens (tertiary/aromatic N) is 2. The molecule has 6 nitrogen and oxygen atoms in total. The van der Waals surface area contributed by atoms with Gasteiger partial charge < -0.3 is 9.47 Å². The minimum atomic E-state index is -0.0959. The summed E-state index contributed by atoms with van der Waals surface area (Å²) >= 11 is 2.99. The summed E-state index contributed by atoms with van der Waals surface area (Å²) in [6, 6.07) is 9.65. The molecule has 1 aliphatic rings. The second-order valence-corrected chi connectivity index (χ2v) is 8.53. The Morgan fingerprint density at radius 2 is 2.04 bits per heavy atom. The Morgan fingerprint density at radius 3 is 2.71 bits per heavy atom. The fraction of sp³-hybridized carbons (Fsp3) is 0.300. The average molecular weight is 416 g/mol. The molecule has 1 aromatic carbocycles. The number of thiophene rings is 1. The number of anilines is 1. The first-order valence-electron chi connectivity index (χ1n) is 8.92. The van der Waals surface area contributed by atoms with Gasteiger partial charge in [-0.2, -0.15) is 0 Å². The molecule has 28 heavy (non-hydrogen) atoms. The SMILES string of the molecule is COc1cc(CN2CCc3nc(NC(=O)c4cccs4)sc3C2)cc(OC)c1. The lowest BCUT2D eigenvalue weighted by atomic mass is 10.1. The second-order valence-electron chi connectivity index (χ2n) is 6.50. The van der Waals surface area contributed by atoms with Crippen LogP contribution in [0, 0.1) is 0 Å². The average Bonchev–Trinajstić information content (AvgIpc) is 3.36. The number of rotatable bonds is 6.